The van der Waals surface area contributed by atoms with Crippen LogP contribution in [0.2, 0.25) is 0 Å². The molecule has 1 saturated heterocycles. The van der Waals surface area contributed by atoms with Gasteiger partial charge in [0.2, 0.25) is 5.75 Å². The van der Waals surface area contributed by atoms with E-state index in [9.17, 15) is 0 Å². The third-order valence-corrected chi connectivity index (χ3v) is 4.48. The van der Waals surface area contributed by atoms with Crippen molar-refractivity contribution in [2.24, 2.45) is 5.92 Å². The van der Waals surface area contributed by atoms with Crippen LogP contribution in [0.5, 0.6) is 17.2 Å². The van der Waals surface area contributed by atoms with Crippen LogP contribution in [0, 0.1) is 5.92 Å². The van der Waals surface area contributed by atoms with E-state index >= 15 is 0 Å². The molecule has 0 amide bonds. The molecule has 0 spiro atoms. The SMILES string of the molecule is COc1cc(C(=S)N2CCC(C)CC2)cc(OC)c1OC. The first-order valence-electron chi connectivity index (χ1n) is 7.20. The molecule has 4 nitrogen and oxygen atoms in total. The minimum Gasteiger partial charge on any atom is -0.493 e. The van der Waals surface area contributed by atoms with Crippen molar-refractivity contribution in [2.75, 3.05) is 34.4 Å². The van der Waals surface area contributed by atoms with Gasteiger partial charge in [0.15, 0.2) is 11.5 Å². The summed E-state index contributed by atoms with van der Waals surface area (Å²) in [5, 5.41) is 0. The fraction of sp³-hybridized carbons (Fsp3) is 0.562. The topological polar surface area (TPSA) is 30.9 Å². The minimum atomic E-state index is 0.596. The molecule has 1 aliphatic rings. The van der Waals surface area contributed by atoms with Crippen molar-refractivity contribution >= 4 is 17.2 Å². The molecule has 2 rings (SSSR count). The number of nitrogens with zero attached hydrogens (tertiary/aromatic N) is 1. The molecule has 21 heavy (non-hydrogen) atoms. The zero-order chi connectivity index (χ0) is 15.4. The van der Waals surface area contributed by atoms with Crippen molar-refractivity contribution in [2.45, 2.75) is 19.8 Å². The number of methoxy groups -OCH3 is 3. The summed E-state index contributed by atoms with van der Waals surface area (Å²) >= 11 is 5.65. The normalized spacial score (nSPS) is 15.7. The third kappa shape index (κ3) is 3.40. The number of likely N-dealkylation sites (tertiary alicyclic amines) is 1. The van der Waals surface area contributed by atoms with Gasteiger partial charge in [0.05, 0.1) is 21.3 Å². The fourth-order valence-electron chi connectivity index (χ4n) is 2.60. The van der Waals surface area contributed by atoms with Crippen molar-refractivity contribution < 1.29 is 14.2 Å². The summed E-state index contributed by atoms with van der Waals surface area (Å²) in [4.78, 5) is 3.11. The van der Waals surface area contributed by atoms with E-state index < -0.39 is 0 Å². The lowest BCUT2D eigenvalue weighted by atomic mass is 9.99. The molecule has 116 valence electrons. The number of hydrogen-bond donors (Lipinski definition) is 0. The summed E-state index contributed by atoms with van der Waals surface area (Å²) in [7, 11) is 4.84. The van der Waals surface area contributed by atoms with Gasteiger partial charge in [-0.3, -0.25) is 0 Å². The lowest BCUT2D eigenvalue weighted by molar-refractivity contribution is 0.284. The van der Waals surface area contributed by atoms with Crippen LogP contribution in [0.15, 0.2) is 12.1 Å². The quantitative estimate of drug-likeness (QED) is 0.798. The lowest BCUT2D eigenvalue weighted by Crippen LogP contribution is -2.37. The number of benzene rings is 1. The Hall–Kier alpha value is -1.49. The Morgan fingerprint density at radius 3 is 2.00 bits per heavy atom. The second kappa shape index (κ2) is 6.98. The molecular formula is C16H23NO3S. The van der Waals surface area contributed by atoms with Crippen LogP contribution >= 0.6 is 12.2 Å². The van der Waals surface area contributed by atoms with E-state index in [4.69, 9.17) is 26.4 Å². The largest absolute Gasteiger partial charge is 0.493 e. The monoisotopic (exact) mass is 309 g/mol. The molecule has 0 N–H and O–H groups in total. The second-order valence-electron chi connectivity index (χ2n) is 5.39. The standard InChI is InChI=1S/C16H23NO3S/c1-11-5-7-17(8-6-11)16(21)12-9-13(18-2)15(20-4)14(10-12)19-3/h9-11H,5-8H2,1-4H3. The molecule has 0 aliphatic carbocycles. The van der Waals surface area contributed by atoms with Gasteiger partial charge >= 0.3 is 0 Å². The van der Waals surface area contributed by atoms with Crippen molar-refractivity contribution in [3.05, 3.63) is 17.7 Å². The van der Waals surface area contributed by atoms with Crippen LogP contribution in [0.25, 0.3) is 0 Å². The van der Waals surface area contributed by atoms with E-state index in [0.29, 0.717) is 17.2 Å². The zero-order valence-electron chi connectivity index (χ0n) is 13.1. The highest BCUT2D eigenvalue weighted by atomic mass is 32.1. The summed E-state index contributed by atoms with van der Waals surface area (Å²) in [5.74, 6) is 2.65. The van der Waals surface area contributed by atoms with Gasteiger partial charge in [-0.1, -0.05) is 19.1 Å². The van der Waals surface area contributed by atoms with Gasteiger partial charge in [-0.05, 0) is 30.9 Å². The van der Waals surface area contributed by atoms with Crippen LogP contribution in [0.4, 0.5) is 0 Å². The smallest absolute Gasteiger partial charge is 0.203 e. The average Bonchev–Trinajstić information content (AvgIpc) is 2.53. The molecule has 0 atom stereocenters. The van der Waals surface area contributed by atoms with Crippen molar-refractivity contribution in [3.8, 4) is 17.2 Å². The highest BCUT2D eigenvalue weighted by Gasteiger charge is 2.21. The number of piperidine rings is 1. The molecule has 0 bridgehead atoms. The molecule has 1 fully saturated rings. The summed E-state index contributed by atoms with van der Waals surface area (Å²) in [6.07, 6.45) is 2.37. The van der Waals surface area contributed by atoms with Gasteiger partial charge < -0.3 is 19.1 Å². The van der Waals surface area contributed by atoms with Gasteiger partial charge in [0.25, 0.3) is 0 Å². The molecule has 0 aromatic heterocycles. The lowest BCUT2D eigenvalue weighted by Gasteiger charge is -2.32. The van der Waals surface area contributed by atoms with Crippen LogP contribution in [0.1, 0.15) is 25.3 Å². The molecule has 0 unspecified atom stereocenters. The molecule has 1 aliphatic heterocycles. The van der Waals surface area contributed by atoms with E-state index in [1.54, 1.807) is 21.3 Å². The highest BCUT2D eigenvalue weighted by molar-refractivity contribution is 7.80. The van der Waals surface area contributed by atoms with Gasteiger partial charge in [-0.15, -0.1) is 0 Å². The Labute approximate surface area is 132 Å². The molecule has 1 aromatic rings. The van der Waals surface area contributed by atoms with E-state index in [0.717, 1.165) is 29.6 Å². The average molecular weight is 309 g/mol. The Kier molecular flexibility index (Phi) is 5.28. The van der Waals surface area contributed by atoms with Crippen LogP contribution in [-0.4, -0.2) is 44.3 Å². The summed E-state index contributed by atoms with van der Waals surface area (Å²) in [6, 6.07) is 3.84. The van der Waals surface area contributed by atoms with Crippen LogP contribution < -0.4 is 14.2 Å². The maximum Gasteiger partial charge on any atom is 0.203 e. The summed E-state index contributed by atoms with van der Waals surface area (Å²) in [5.41, 5.74) is 0.939. The Morgan fingerprint density at radius 2 is 1.57 bits per heavy atom. The van der Waals surface area contributed by atoms with E-state index in [1.165, 1.54) is 12.8 Å². The number of rotatable bonds is 4. The Bertz CT molecular complexity index is 485. The zero-order valence-corrected chi connectivity index (χ0v) is 14.0. The first-order valence-corrected chi connectivity index (χ1v) is 7.60. The third-order valence-electron chi connectivity index (χ3n) is 3.98. The van der Waals surface area contributed by atoms with Crippen molar-refractivity contribution in [1.29, 1.82) is 0 Å². The van der Waals surface area contributed by atoms with Crippen LogP contribution in [0.3, 0.4) is 0 Å². The molecule has 0 saturated carbocycles. The molecule has 1 aromatic carbocycles. The van der Waals surface area contributed by atoms with E-state index in [-0.39, 0.29) is 0 Å². The van der Waals surface area contributed by atoms with Crippen molar-refractivity contribution in [1.82, 2.24) is 4.90 Å². The minimum absolute atomic E-state index is 0.596. The number of ether oxygens (including phenoxy) is 3. The number of thiocarbonyl (C=S) groups is 1. The van der Waals surface area contributed by atoms with E-state index in [2.05, 4.69) is 11.8 Å². The fourth-order valence-corrected chi connectivity index (χ4v) is 2.90. The molecule has 0 radical (unpaired) electrons. The molecule has 5 heteroatoms. The van der Waals surface area contributed by atoms with Gasteiger partial charge in [0.1, 0.15) is 4.99 Å². The summed E-state index contributed by atoms with van der Waals surface area (Å²) in [6.45, 7) is 4.31. The maximum absolute atomic E-state index is 5.65. The summed E-state index contributed by atoms with van der Waals surface area (Å²) < 4.78 is 16.1. The van der Waals surface area contributed by atoms with Gasteiger partial charge in [-0.25, -0.2) is 0 Å². The Morgan fingerprint density at radius 1 is 1.05 bits per heavy atom. The van der Waals surface area contributed by atoms with Gasteiger partial charge in [0, 0.05) is 18.7 Å². The predicted molar refractivity (Wildman–Crippen MR) is 87.8 cm³/mol. The van der Waals surface area contributed by atoms with Gasteiger partial charge in [-0.2, -0.15) is 0 Å². The first kappa shape index (κ1) is 15.9. The molecular weight excluding hydrogens is 286 g/mol. The maximum atomic E-state index is 5.65. The molecule has 1 heterocycles. The van der Waals surface area contributed by atoms with E-state index in [1.807, 2.05) is 12.1 Å². The highest BCUT2D eigenvalue weighted by Crippen LogP contribution is 2.38. The predicted octanol–water partition coefficient (Wildman–Crippen LogP) is 3.12. The Balaban J connectivity index is 2.28. The van der Waals surface area contributed by atoms with Crippen molar-refractivity contribution in [3.63, 3.8) is 0 Å². The second-order valence-corrected chi connectivity index (χ2v) is 5.78. The number of hydrogen-bond acceptors (Lipinski definition) is 4. The first-order chi connectivity index (χ1) is 10.1. The van der Waals surface area contributed by atoms with Crippen LogP contribution in [-0.2, 0) is 0 Å².